The van der Waals surface area contributed by atoms with E-state index in [9.17, 15) is 12.8 Å². The zero-order chi connectivity index (χ0) is 15.8. The van der Waals surface area contributed by atoms with E-state index in [-0.39, 0.29) is 16.1 Å². The summed E-state index contributed by atoms with van der Waals surface area (Å²) >= 11 is 3.30. The second-order valence-corrected chi connectivity index (χ2v) is 7.28. The van der Waals surface area contributed by atoms with E-state index in [1.54, 1.807) is 25.1 Å². The Labute approximate surface area is 131 Å². The van der Waals surface area contributed by atoms with E-state index in [2.05, 4.69) is 20.7 Å². The molecule has 0 bridgehead atoms. The van der Waals surface area contributed by atoms with Gasteiger partial charge in [0, 0.05) is 15.7 Å². The lowest BCUT2D eigenvalue weighted by Gasteiger charge is -2.12. The third kappa shape index (κ3) is 3.36. The van der Waals surface area contributed by atoms with Crippen molar-refractivity contribution in [3.05, 3.63) is 51.7 Å². The molecule has 21 heavy (non-hydrogen) atoms. The van der Waals surface area contributed by atoms with E-state index >= 15 is 0 Å². The molecule has 7 heteroatoms. The standard InChI is InChI=1S/C14H14BrFN2O2S/c1-8-5-10(15)3-4-14(8)18-21(19,20)11-6-12(16)9(2)13(17)7-11/h3-7,18H,17H2,1-2H3. The summed E-state index contributed by atoms with van der Waals surface area (Å²) in [5, 5.41) is 0. The van der Waals surface area contributed by atoms with Gasteiger partial charge in [-0.3, -0.25) is 4.72 Å². The minimum absolute atomic E-state index is 0.0999. The maximum Gasteiger partial charge on any atom is 0.262 e. The fourth-order valence-corrected chi connectivity index (χ4v) is 3.43. The van der Waals surface area contributed by atoms with Gasteiger partial charge in [-0.15, -0.1) is 0 Å². The first-order valence-electron chi connectivity index (χ1n) is 6.05. The number of hydrogen-bond acceptors (Lipinski definition) is 3. The molecule has 0 aliphatic rings. The Balaban J connectivity index is 2.43. The van der Waals surface area contributed by atoms with Crippen LogP contribution in [0.4, 0.5) is 15.8 Å². The van der Waals surface area contributed by atoms with Crippen molar-refractivity contribution in [2.45, 2.75) is 18.7 Å². The van der Waals surface area contributed by atoms with Gasteiger partial charge in [-0.05, 0) is 49.7 Å². The molecule has 0 saturated heterocycles. The third-order valence-corrected chi connectivity index (χ3v) is 4.94. The van der Waals surface area contributed by atoms with Crippen molar-refractivity contribution in [2.75, 3.05) is 10.5 Å². The van der Waals surface area contributed by atoms with Crippen molar-refractivity contribution < 1.29 is 12.8 Å². The topological polar surface area (TPSA) is 72.2 Å². The van der Waals surface area contributed by atoms with Crippen LogP contribution in [-0.4, -0.2) is 8.42 Å². The summed E-state index contributed by atoms with van der Waals surface area (Å²) in [5.74, 6) is -0.650. The fraction of sp³-hybridized carbons (Fsp3) is 0.143. The zero-order valence-electron chi connectivity index (χ0n) is 11.4. The van der Waals surface area contributed by atoms with Crippen LogP contribution in [0.5, 0.6) is 0 Å². The first-order chi connectivity index (χ1) is 9.70. The number of nitrogens with one attached hydrogen (secondary N) is 1. The normalized spacial score (nSPS) is 11.4. The molecule has 0 amide bonds. The highest BCUT2D eigenvalue weighted by molar-refractivity contribution is 9.10. The smallest absolute Gasteiger partial charge is 0.262 e. The molecule has 0 fully saturated rings. The molecule has 0 radical (unpaired) electrons. The summed E-state index contributed by atoms with van der Waals surface area (Å²) in [7, 11) is -3.90. The average molecular weight is 373 g/mol. The van der Waals surface area contributed by atoms with Crippen molar-refractivity contribution in [1.82, 2.24) is 0 Å². The Morgan fingerprint density at radius 3 is 2.43 bits per heavy atom. The van der Waals surface area contributed by atoms with E-state index in [1.807, 2.05) is 0 Å². The molecule has 0 unspecified atom stereocenters. The second-order valence-electron chi connectivity index (χ2n) is 4.68. The highest BCUT2D eigenvalue weighted by Crippen LogP contribution is 2.25. The molecule has 0 aliphatic heterocycles. The largest absolute Gasteiger partial charge is 0.398 e. The summed E-state index contributed by atoms with van der Waals surface area (Å²) in [6, 6.07) is 7.33. The van der Waals surface area contributed by atoms with Crippen LogP contribution in [-0.2, 0) is 10.0 Å². The predicted octanol–water partition coefficient (Wildman–Crippen LogP) is 3.59. The highest BCUT2D eigenvalue weighted by Gasteiger charge is 2.18. The lowest BCUT2D eigenvalue weighted by atomic mass is 10.2. The SMILES string of the molecule is Cc1cc(Br)ccc1NS(=O)(=O)c1cc(N)c(C)c(F)c1. The van der Waals surface area contributed by atoms with Crippen LogP contribution in [0.1, 0.15) is 11.1 Å². The molecule has 2 aromatic carbocycles. The summed E-state index contributed by atoms with van der Waals surface area (Å²) in [6.07, 6.45) is 0. The van der Waals surface area contributed by atoms with Crippen LogP contribution in [0, 0.1) is 19.7 Å². The van der Waals surface area contributed by atoms with Crippen molar-refractivity contribution >= 4 is 37.3 Å². The van der Waals surface area contributed by atoms with E-state index < -0.39 is 15.8 Å². The number of nitrogen functional groups attached to an aromatic ring is 1. The molecule has 0 spiro atoms. The number of benzene rings is 2. The number of halogens is 2. The number of hydrogen-bond donors (Lipinski definition) is 2. The summed E-state index contributed by atoms with van der Waals surface area (Å²) in [5.41, 5.74) is 7.13. The van der Waals surface area contributed by atoms with E-state index in [0.29, 0.717) is 5.69 Å². The van der Waals surface area contributed by atoms with Gasteiger partial charge in [-0.1, -0.05) is 15.9 Å². The number of sulfonamides is 1. The van der Waals surface area contributed by atoms with Gasteiger partial charge in [-0.25, -0.2) is 12.8 Å². The molecular weight excluding hydrogens is 359 g/mol. The first kappa shape index (κ1) is 15.8. The molecule has 0 atom stereocenters. The van der Waals surface area contributed by atoms with E-state index in [4.69, 9.17) is 5.73 Å². The Morgan fingerprint density at radius 1 is 1.19 bits per heavy atom. The summed E-state index contributed by atoms with van der Waals surface area (Å²) in [4.78, 5) is -0.203. The third-order valence-electron chi connectivity index (χ3n) is 3.10. The van der Waals surface area contributed by atoms with Crippen LogP contribution in [0.2, 0.25) is 0 Å². The monoisotopic (exact) mass is 372 g/mol. The van der Waals surface area contributed by atoms with Crippen LogP contribution in [0.25, 0.3) is 0 Å². The van der Waals surface area contributed by atoms with Gasteiger partial charge in [0.1, 0.15) is 5.82 Å². The Morgan fingerprint density at radius 2 is 1.86 bits per heavy atom. The average Bonchev–Trinajstić information content (AvgIpc) is 2.38. The minimum atomic E-state index is -3.90. The van der Waals surface area contributed by atoms with Gasteiger partial charge in [-0.2, -0.15) is 0 Å². The highest BCUT2D eigenvalue weighted by atomic mass is 79.9. The number of rotatable bonds is 3. The minimum Gasteiger partial charge on any atom is -0.398 e. The van der Waals surface area contributed by atoms with Crippen molar-refractivity contribution in [1.29, 1.82) is 0 Å². The summed E-state index contributed by atoms with van der Waals surface area (Å²) in [6.45, 7) is 3.26. The van der Waals surface area contributed by atoms with Gasteiger partial charge < -0.3 is 5.73 Å². The van der Waals surface area contributed by atoms with Gasteiger partial charge in [0.15, 0.2) is 0 Å². The molecule has 0 heterocycles. The van der Waals surface area contributed by atoms with Crippen molar-refractivity contribution in [2.24, 2.45) is 0 Å². The lowest BCUT2D eigenvalue weighted by molar-refractivity contribution is 0.593. The van der Waals surface area contributed by atoms with Crippen LogP contribution >= 0.6 is 15.9 Å². The van der Waals surface area contributed by atoms with Gasteiger partial charge in [0.2, 0.25) is 0 Å². The van der Waals surface area contributed by atoms with E-state index in [1.165, 1.54) is 13.0 Å². The molecule has 4 nitrogen and oxygen atoms in total. The molecule has 2 aromatic rings. The first-order valence-corrected chi connectivity index (χ1v) is 8.33. The van der Waals surface area contributed by atoms with Gasteiger partial charge in [0.25, 0.3) is 10.0 Å². The predicted molar refractivity (Wildman–Crippen MR) is 85.2 cm³/mol. The quantitative estimate of drug-likeness (QED) is 0.808. The Kier molecular flexibility index (Phi) is 4.25. The van der Waals surface area contributed by atoms with Crippen molar-refractivity contribution in [3.63, 3.8) is 0 Å². The molecule has 112 valence electrons. The molecule has 0 saturated carbocycles. The molecular formula is C14H14BrFN2O2S. The zero-order valence-corrected chi connectivity index (χ0v) is 13.8. The summed E-state index contributed by atoms with van der Waals surface area (Å²) < 4.78 is 41.6. The maximum absolute atomic E-state index is 13.7. The van der Waals surface area contributed by atoms with Gasteiger partial charge in [0.05, 0.1) is 10.6 Å². The molecule has 0 aromatic heterocycles. The Bertz CT molecular complexity index is 784. The van der Waals surface area contributed by atoms with Crippen LogP contribution < -0.4 is 10.5 Å². The Hall–Kier alpha value is -1.60. The number of anilines is 2. The number of nitrogens with two attached hydrogens (primary N) is 1. The second kappa shape index (κ2) is 5.65. The number of aryl methyl sites for hydroxylation is 1. The van der Waals surface area contributed by atoms with Crippen LogP contribution in [0.3, 0.4) is 0 Å². The fourth-order valence-electron chi connectivity index (χ4n) is 1.77. The van der Waals surface area contributed by atoms with Gasteiger partial charge >= 0.3 is 0 Å². The molecule has 3 N–H and O–H groups in total. The lowest BCUT2D eigenvalue weighted by Crippen LogP contribution is -2.14. The van der Waals surface area contributed by atoms with Crippen LogP contribution in [0.15, 0.2) is 39.7 Å². The molecule has 0 aliphatic carbocycles. The maximum atomic E-state index is 13.7. The molecule has 2 rings (SSSR count). The van der Waals surface area contributed by atoms with Crippen molar-refractivity contribution in [3.8, 4) is 0 Å². The van der Waals surface area contributed by atoms with E-state index in [0.717, 1.165) is 16.1 Å².